The van der Waals surface area contributed by atoms with Gasteiger partial charge in [0.25, 0.3) is 0 Å². The highest BCUT2D eigenvalue weighted by Crippen LogP contribution is 2.07. The lowest BCUT2D eigenvalue weighted by Gasteiger charge is -2.25. The number of carbonyl (C=O) groups is 1. The molecule has 108 valence electrons. The van der Waals surface area contributed by atoms with E-state index >= 15 is 0 Å². The number of nitrogens with zero attached hydrogens (tertiary/aromatic N) is 2. The van der Waals surface area contributed by atoms with E-state index in [1.807, 2.05) is 13.8 Å². The zero-order chi connectivity index (χ0) is 14.3. The van der Waals surface area contributed by atoms with Crippen LogP contribution in [0.2, 0.25) is 0 Å². The minimum Gasteiger partial charge on any atom is -0.346 e. The van der Waals surface area contributed by atoms with Crippen molar-refractivity contribution in [1.82, 2.24) is 9.21 Å². The average molecular weight is 278 g/mol. The van der Waals surface area contributed by atoms with Gasteiger partial charge < -0.3 is 4.90 Å². The summed E-state index contributed by atoms with van der Waals surface area (Å²) in [5.41, 5.74) is 0. The Morgan fingerprint density at radius 2 is 1.78 bits per heavy atom. The zero-order valence-electron chi connectivity index (χ0n) is 12.1. The molecule has 5 nitrogen and oxygen atoms in total. The van der Waals surface area contributed by atoms with Crippen molar-refractivity contribution < 1.29 is 13.2 Å². The van der Waals surface area contributed by atoms with E-state index in [9.17, 15) is 13.2 Å². The summed E-state index contributed by atoms with van der Waals surface area (Å²) < 4.78 is 24.4. The third-order valence-corrected chi connectivity index (χ3v) is 4.28. The van der Waals surface area contributed by atoms with Crippen LogP contribution in [0.25, 0.3) is 0 Å². The summed E-state index contributed by atoms with van der Waals surface area (Å²) in [5, 5.41) is 0. The average Bonchev–Trinajstić information content (AvgIpc) is 2.23. The number of hydrogen-bond acceptors (Lipinski definition) is 3. The fourth-order valence-electron chi connectivity index (χ4n) is 1.72. The lowest BCUT2D eigenvalue weighted by atomic mass is 10.3. The minimum atomic E-state index is -3.24. The van der Waals surface area contributed by atoms with Gasteiger partial charge in [0.15, 0.2) is 0 Å². The second-order valence-corrected chi connectivity index (χ2v) is 6.82. The smallest absolute Gasteiger partial charge is 0.223 e. The summed E-state index contributed by atoms with van der Waals surface area (Å²) in [6.45, 7) is 6.68. The maximum Gasteiger partial charge on any atom is 0.223 e. The molecule has 0 saturated heterocycles. The van der Waals surface area contributed by atoms with Gasteiger partial charge in [0, 0.05) is 32.6 Å². The zero-order valence-corrected chi connectivity index (χ0v) is 13.0. The van der Waals surface area contributed by atoms with Crippen molar-refractivity contribution in [2.45, 2.75) is 46.1 Å². The second-order valence-electron chi connectivity index (χ2n) is 4.89. The highest BCUT2D eigenvalue weighted by molar-refractivity contribution is 7.88. The molecular formula is C12H26N2O3S. The highest BCUT2D eigenvalue weighted by Gasteiger charge is 2.21. The van der Waals surface area contributed by atoms with Gasteiger partial charge in [0.05, 0.1) is 6.26 Å². The molecule has 0 aliphatic carbocycles. The Bertz CT molecular complexity index is 352. The molecule has 0 unspecified atom stereocenters. The fourth-order valence-corrected chi connectivity index (χ4v) is 2.91. The molecule has 0 aliphatic rings. The molecule has 6 heteroatoms. The van der Waals surface area contributed by atoms with Crippen LogP contribution >= 0.6 is 0 Å². The number of unbranched alkanes of at least 4 members (excludes halogenated alkanes) is 1. The Balaban J connectivity index is 4.33. The quantitative estimate of drug-likeness (QED) is 0.672. The molecule has 0 radical (unpaired) electrons. The van der Waals surface area contributed by atoms with Gasteiger partial charge in [-0.15, -0.1) is 0 Å². The molecule has 0 spiro atoms. The number of rotatable bonds is 8. The van der Waals surface area contributed by atoms with Crippen LogP contribution in [0.3, 0.4) is 0 Å². The van der Waals surface area contributed by atoms with E-state index in [2.05, 4.69) is 6.92 Å². The first kappa shape index (κ1) is 17.4. The van der Waals surface area contributed by atoms with Crippen LogP contribution in [0.15, 0.2) is 0 Å². The molecule has 0 aromatic heterocycles. The topological polar surface area (TPSA) is 57.7 Å². The number of sulfonamides is 1. The Hall–Kier alpha value is -0.620. The van der Waals surface area contributed by atoms with Gasteiger partial charge in [0.2, 0.25) is 15.9 Å². The maximum absolute atomic E-state index is 11.8. The van der Waals surface area contributed by atoms with Crippen LogP contribution in [0, 0.1) is 0 Å². The van der Waals surface area contributed by atoms with Gasteiger partial charge in [-0.1, -0.05) is 13.3 Å². The third-order valence-electron chi connectivity index (χ3n) is 2.82. The van der Waals surface area contributed by atoms with E-state index in [1.165, 1.54) is 10.6 Å². The van der Waals surface area contributed by atoms with Gasteiger partial charge in [-0.05, 0) is 20.3 Å². The van der Waals surface area contributed by atoms with Crippen LogP contribution in [-0.2, 0) is 14.8 Å². The lowest BCUT2D eigenvalue weighted by molar-refractivity contribution is -0.130. The summed E-state index contributed by atoms with van der Waals surface area (Å²) in [5.74, 6) is -0.00208. The SMILES string of the molecule is CCCCN(C)C(=O)CCN(C(C)C)S(C)(=O)=O. The van der Waals surface area contributed by atoms with E-state index < -0.39 is 10.0 Å². The van der Waals surface area contributed by atoms with Crippen LogP contribution < -0.4 is 0 Å². The Labute approximate surface area is 111 Å². The number of amides is 1. The number of carbonyl (C=O) groups excluding carboxylic acids is 1. The van der Waals surface area contributed by atoms with E-state index in [0.717, 1.165) is 19.4 Å². The number of hydrogen-bond donors (Lipinski definition) is 0. The third kappa shape index (κ3) is 6.35. The predicted molar refractivity (Wildman–Crippen MR) is 73.8 cm³/mol. The molecule has 0 aromatic carbocycles. The molecule has 0 N–H and O–H groups in total. The van der Waals surface area contributed by atoms with Crippen molar-refractivity contribution in [1.29, 1.82) is 0 Å². The van der Waals surface area contributed by atoms with Crippen LogP contribution in [0.1, 0.15) is 40.0 Å². The van der Waals surface area contributed by atoms with Crippen LogP contribution in [0.5, 0.6) is 0 Å². The van der Waals surface area contributed by atoms with E-state index in [-0.39, 0.29) is 24.9 Å². The molecule has 0 fully saturated rings. The standard InChI is InChI=1S/C12H26N2O3S/c1-6-7-9-13(4)12(15)8-10-14(11(2)3)18(5,16)17/h11H,6-10H2,1-5H3. The van der Waals surface area contributed by atoms with Crippen molar-refractivity contribution in [3.8, 4) is 0 Å². The Kier molecular flexibility index (Phi) is 7.47. The van der Waals surface area contributed by atoms with E-state index in [4.69, 9.17) is 0 Å². The summed E-state index contributed by atoms with van der Waals surface area (Å²) in [7, 11) is -1.48. The fraction of sp³-hybridized carbons (Fsp3) is 0.917. The van der Waals surface area contributed by atoms with Crippen molar-refractivity contribution in [2.24, 2.45) is 0 Å². The van der Waals surface area contributed by atoms with Crippen molar-refractivity contribution in [3.05, 3.63) is 0 Å². The molecule has 1 amide bonds. The van der Waals surface area contributed by atoms with Crippen molar-refractivity contribution in [2.75, 3.05) is 26.4 Å². The molecule has 0 saturated carbocycles. The second kappa shape index (κ2) is 7.74. The summed E-state index contributed by atoms with van der Waals surface area (Å²) in [6.07, 6.45) is 3.44. The molecule has 0 atom stereocenters. The van der Waals surface area contributed by atoms with E-state index in [1.54, 1.807) is 11.9 Å². The largest absolute Gasteiger partial charge is 0.346 e. The molecule has 18 heavy (non-hydrogen) atoms. The van der Waals surface area contributed by atoms with E-state index in [0.29, 0.717) is 0 Å². The predicted octanol–water partition coefficient (Wildman–Crippen LogP) is 1.31. The normalized spacial score (nSPS) is 12.2. The molecule has 0 rings (SSSR count). The lowest BCUT2D eigenvalue weighted by Crippen LogP contribution is -2.39. The summed E-state index contributed by atoms with van der Waals surface area (Å²) in [4.78, 5) is 13.5. The maximum atomic E-state index is 11.8. The van der Waals surface area contributed by atoms with Crippen LogP contribution in [-0.4, -0.2) is 56.0 Å². The first-order chi connectivity index (χ1) is 8.20. The van der Waals surface area contributed by atoms with Crippen molar-refractivity contribution >= 4 is 15.9 Å². The molecule has 0 heterocycles. The molecule has 0 aromatic rings. The van der Waals surface area contributed by atoms with Crippen molar-refractivity contribution in [3.63, 3.8) is 0 Å². The highest BCUT2D eigenvalue weighted by atomic mass is 32.2. The molecular weight excluding hydrogens is 252 g/mol. The Morgan fingerprint density at radius 3 is 2.17 bits per heavy atom. The molecule has 0 aliphatic heterocycles. The Morgan fingerprint density at radius 1 is 1.22 bits per heavy atom. The monoisotopic (exact) mass is 278 g/mol. The van der Waals surface area contributed by atoms with Gasteiger partial charge in [-0.25, -0.2) is 8.42 Å². The van der Waals surface area contributed by atoms with Gasteiger partial charge in [0.1, 0.15) is 0 Å². The summed E-state index contributed by atoms with van der Waals surface area (Å²) >= 11 is 0. The summed E-state index contributed by atoms with van der Waals surface area (Å²) in [6, 6.07) is -0.117. The first-order valence-electron chi connectivity index (χ1n) is 6.41. The first-order valence-corrected chi connectivity index (χ1v) is 8.25. The molecule has 0 bridgehead atoms. The van der Waals surface area contributed by atoms with Gasteiger partial charge >= 0.3 is 0 Å². The van der Waals surface area contributed by atoms with Crippen LogP contribution in [0.4, 0.5) is 0 Å². The minimum absolute atomic E-state index is 0.00208. The van der Waals surface area contributed by atoms with Gasteiger partial charge in [-0.3, -0.25) is 4.79 Å². The van der Waals surface area contributed by atoms with Gasteiger partial charge in [-0.2, -0.15) is 4.31 Å².